The van der Waals surface area contributed by atoms with Gasteiger partial charge in [0, 0.05) is 40.8 Å². The summed E-state index contributed by atoms with van der Waals surface area (Å²) in [5, 5.41) is 17.3. The van der Waals surface area contributed by atoms with Crippen molar-refractivity contribution in [1.29, 1.82) is 0 Å². The highest BCUT2D eigenvalue weighted by atomic mass is 127. The molecule has 5 rings (SSSR count). The van der Waals surface area contributed by atoms with Crippen molar-refractivity contribution in [2.45, 2.75) is 51.0 Å². The molecule has 7 nitrogen and oxygen atoms in total. The van der Waals surface area contributed by atoms with Gasteiger partial charge in [-0.1, -0.05) is 42.5 Å². The van der Waals surface area contributed by atoms with Gasteiger partial charge in [-0.25, -0.2) is 0 Å². The Kier molecular flexibility index (Phi) is 6.24. The molecule has 0 unspecified atom stereocenters. The second kappa shape index (κ2) is 9.15. The topological polar surface area (TPSA) is 80.5 Å². The molecule has 0 bridgehead atoms. The molecule has 0 radical (unpaired) electrons. The molecule has 2 aliphatic rings. The zero-order valence-corrected chi connectivity index (χ0v) is 20.7. The first kappa shape index (κ1) is 22.5. The number of carbonyl (C=O) groups excluding carboxylic acids is 1. The molecule has 3 atom stereocenters. The fourth-order valence-corrected chi connectivity index (χ4v) is 5.74. The molecule has 1 N–H and O–H groups in total. The largest absolute Gasteiger partial charge is 0.396 e. The lowest BCUT2D eigenvalue weighted by molar-refractivity contribution is -0.146. The minimum atomic E-state index is -0.937. The third-order valence-electron chi connectivity index (χ3n) is 6.68. The van der Waals surface area contributed by atoms with E-state index in [0.29, 0.717) is 19.5 Å². The molecule has 2 aliphatic heterocycles. The number of hydrogen-bond acceptors (Lipinski definition) is 5. The van der Waals surface area contributed by atoms with Crippen LogP contribution in [0.15, 0.2) is 54.7 Å². The fraction of sp³-hybridized carbons (Fsp3) is 0.400. The first-order chi connectivity index (χ1) is 16.0. The van der Waals surface area contributed by atoms with Crippen LogP contribution in [-0.2, 0) is 34.6 Å². The number of anilines is 1. The Bertz CT molecular complexity index is 1170. The predicted molar refractivity (Wildman–Crippen MR) is 133 cm³/mol. The van der Waals surface area contributed by atoms with Gasteiger partial charge in [-0.2, -0.15) is 0 Å². The van der Waals surface area contributed by atoms with E-state index in [9.17, 15) is 4.79 Å². The van der Waals surface area contributed by atoms with E-state index in [0.717, 1.165) is 38.9 Å². The van der Waals surface area contributed by atoms with Crippen LogP contribution in [0.1, 0.15) is 36.6 Å². The highest BCUT2D eigenvalue weighted by molar-refractivity contribution is 14.1. The summed E-state index contributed by atoms with van der Waals surface area (Å²) in [5.41, 5.74) is 2.86. The van der Waals surface area contributed by atoms with E-state index >= 15 is 0 Å². The van der Waals surface area contributed by atoms with E-state index in [1.54, 1.807) is 4.68 Å². The lowest BCUT2D eigenvalue weighted by Crippen LogP contribution is -2.43. The van der Waals surface area contributed by atoms with Gasteiger partial charge in [0.1, 0.15) is 0 Å². The molecule has 1 amide bonds. The standard InChI is InChI=1S/C25H27IN4O3/c1-17-13-21(9-11-29-16-20(10-12-31)27-28-29)33-25(17)22-7-2-3-8-23(22)30(24(25)32)15-18-5-4-6-19(26)14-18/h2-8,14,16-17,21,31H,9-13,15H2,1H3/t17-,21+,25+/m1/s1. The zero-order valence-electron chi connectivity index (χ0n) is 18.5. The molecule has 2 aromatic carbocycles. The number of carbonyl (C=O) groups is 1. The highest BCUT2D eigenvalue weighted by Gasteiger charge is 2.59. The number of amides is 1. The van der Waals surface area contributed by atoms with Gasteiger partial charge in [-0.3, -0.25) is 9.48 Å². The summed E-state index contributed by atoms with van der Waals surface area (Å²) in [7, 11) is 0. The summed E-state index contributed by atoms with van der Waals surface area (Å²) in [5.74, 6) is 0.0984. The summed E-state index contributed by atoms with van der Waals surface area (Å²) in [6.07, 6.45) is 3.89. The maximum atomic E-state index is 13.9. The number of halogens is 1. The smallest absolute Gasteiger partial charge is 0.264 e. The number of aliphatic hydroxyl groups excluding tert-OH is 1. The summed E-state index contributed by atoms with van der Waals surface area (Å²) in [6, 6.07) is 16.3. The van der Waals surface area contributed by atoms with E-state index in [2.05, 4.69) is 58.0 Å². The van der Waals surface area contributed by atoms with Crippen molar-refractivity contribution in [2.75, 3.05) is 11.5 Å². The fourth-order valence-electron chi connectivity index (χ4n) is 5.13. The molecular formula is C25H27IN4O3. The molecule has 0 aliphatic carbocycles. The van der Waals surface area contributed by atoms with Gasteiger partial charge >= 0.3 is 0 Å². The van der Waals surface area contributed by atoms with Crippen LogP contribution in [-0.4, -0.2) is 38.7 Å². The molecule has 1 spiro atoms. The van der Waals surface area contributed by atoms with Crippen molar-refractivity contribution >= 4 is 34.2 Å². The monoisotopic (exact) mass is 558 g/mol. The Morgan fingerprint density at radius 2 is 2.09 bits per heavy atom. The molecule has 1 fully saturated rings. The number of para-hydroxylation sites is 1. The van der Waals surface area contributed by atoms with Gasteiger partial charge in [-0.05, 0) is 59.2 Å². The number of hydrogen-bond donors (Lipinski definition) is 1. The average molecular weight is 558 g/mol. The van der Waals surface area contributed by atoms with Crippen LogP contribution in [0.3, 0.4) is 0 Å². The Balaban J connectivity index is 1.37. The van der Waals surface area contributed by atoms with E-state index < -0.39 is 5.60 Å². The van der Waals surface area contributed by atoms with Crippen LogP contribution >= 0.6 is 22.6 Å². The van der Waals surface area contributed by atoms with Crippen LogP contribution in [0, 0.1) is 9.49 Å². The number of ether oxygens (including phenoxy) is 1. The number of rotatable bonds is 7. The van der Waals surface area contributed by atoms with Gasteiger partial charge < -0.3 is 14.7 Å². The van der Waals surface area contributed by atoms with Crippen molar-refractivity contribution in [3.8, 4) is 0 Å². The van der Waals surface area contributed by atoms with Gasteiger partial charge in [0.15, 0.2) is 5.60 Å². The van der Waals surface area contributed by atoms with Crippen LogP contribution in [0.5, 0.6) is 0 Å². The Morgan fingerprint density at radius 3 is 2.91 bits per heavy atom. The van der Waals surface area contributed by atoms with Gasteiger partial charge in [-0.15, -0.1) is 5.10 Å². The minimum absolute atomic E-state index is 0.0311. The molecule has 0 saturated carbocycles. The first-order valence-electron chi connectivity index (χ1n) is 11.3. The van der Waals surface area contributed by atoms with Gasteiger partial charge in [0.25, 0.3) is 5.91 Å². The number of aliphatic hydroxyl groups is 1. The van der Waals surface area contributed by atoms with Crippen LogP contribution in [0.25, 0.3) is 0 Å². The zero-order chi connectivity index (χ0) is 23.0. The third kappa shape index (κ3) is 4.08. The van der Waals surface area contributed by atoms with E-state index in [4.69, 9.17) is 9.84 Å². The lowest BCUT2D eigenvalue weighted by Gasteiger charge is -2.28. The maximum Gasteiger partial charge on any atom is 0.264 e. The molecule has 8 heteroatoms. The quantitative estimate of drug-likeness (QED) is 0.448. The molecule has 33 heavy (non-hydrogen) atoms. The Hall–Kier alpha value is -2.30. The first-order valence-corrected chi connectivity index (χ1v) is 12.4. The number of aryl methyl sites for hydroxylation is 1. The lowest BCUT2D eigenvalue weighted by atomic mass is 9.83. The van der Waals surface area contributed by atoms with Crippen LogP contribution < -0.4 is 4.90 Å². The maximum absolute atomic E-state index is 13.9. The predicted octanol–water partition coefficient (Wildman–Crippen LogP) is 3.67. The van der Waals surface area contributed by atoms with Crippen molar-refractivity contribution in [3.05, 3.63) is 75.1 Å². The van der Waals surface area contributed by atoms with Crippen LogP contribution in [0.2, 0.25) is 0 Å². The summed E-state index contributed by atoms with van der Waals surface area (Å²) < 4.78 is 9.58. The van der Waals surface area contributed by atoms with E-state index in [1.165, 1.54) is 0 Å². The molecule has 3 heterocycles. The van der Waals surface area contributed by atoms with Crippen LogP contribution in [0.4, 0.5) is 5.69 Å². The summed E-state index contributed by atoms with van der Waals surface area (Å²) in [6.45, 7) is 3.37. The third-order valence-corrected chi connectivity index (χ3v) is 7.36. The SMILES string of the molecule is C[C@@H]1C[C@H](CCn2cc(CCO)nn2)O[C@@]12C(=O)N(Cc1cccc(I)c1)c1ccccc12. The van der Waals surface area contributed by atoms with Gasteiger partial charge in [0.05, 0.1) is 24.0 Å². The Labute approximate surface area is 206 Å². The number of benzene rings is 2. The molecule has 172 valence electrons. The van der Waals surface area contributed by atoms with Crippen molar-refractivity contribution in [2.24, 2.45) is 5.92 Å². The average Bonchev–Trinajstić information content (AvgIpc) is 3.46. The van der Waals surface area contributed by atoms with Crippen molar-refractivity contribution < 1.29 is 14.6 Å². The Morgan fingerprint density at radius 1 is 1.24 bits per heavy atom. The van der Waals surface area contributed by atoms with Gasteiger partial charge in [0.2, 0.25) is 0 Å². The number of aromatic nitrogens is 3. The normalized spacial score (nSPS) is 24.1. The number of nitrogens with zero attached hydrogens (tertiary/aromatic N) is 4. The van der Waals surface area contributed by atoms with Crippen molar-refractivity contribution in [3.63, 3.8) is 0 Å². The second-order valence-corrected chi connectivity index (χ2v) is 10.1. The molecule has 1 saturated heterocycles. The van der Waals surface area contributed by atoms with E-state index in [1.807, 2.05) is 41.4 Å². The number of fused-ring (bicyclic) bond motifs is 2. The highest BCUT2D eigenvalue weighted by Crippen LogP contribution is 2.53. The minimum Gasteiger partial charge on any atom is -0.396 e. The van der Waals surface area contributed by atoms with E-state index in [-0.39, 0.29) is 24.5 Å². The molecular weight excluding hydrogens is 531 g/mol. The molecule has 3 aromatic rings. The second-order valence-electron chi connectivity index (χ2n) is 8.89. The summed E-state index contributed by atoms with van der Waals surface area (Å²) >= 11 is 2.30. The summed E-state index contributed by atoms with van der Waals surface area (Å²) in [4.78, 5) is 15.8. The molecule has 1 aromatic heterocycles. The van der Waals surface area contributed by atoms with Crippen molar-refractivity contribution in [1.82, 2.24) is 15.0 Å².